The predicted molar refractivity (Wildman–Crippen MR) is 71.2 cm³/mol. The fraction of sp³-hybridized carbons (Fsp3) is 0.600. The minimum absolute atomic E-state index is 0.246. The molecule has 2 aliphatic rings. The highest BCUT2D eigenvalue weighted by Crippen LogP contribution is 2.42. The van der Waals surface area contributed by atoms with Crippen molar-refractivity contribution in [2.75, 3.05) is 6.61 Å². The molecule has 2 atom stereocenters. The van der Waals surface area contributed by atoms with Gasteiger partial charge in [0, 0.05) is 24.1 Å². The second-order valence-electron chi connectivity index (χ2n) is 5.27. The lowest BCUT2D eigenvalue weighted by Crippen LogP contribution is -2.32. The molecule has 1 aliphatic carbocycles. The molecular formula is C15H21NO2. The van der Waals surface area contributed by atoms with E-state index in [1.807, 2.05) is 13.0 Å². The van der Waals surface area contributed by atoms with Crippen LogP contribution in [0.15, 0.2) is 18.2 Å². The number of benzene rings is 1. The Morgan fingerprint density at radius 2 is 2.22 bits per heavy atom. The zero-order valence-electron chi connectivity index (χ0n) is 11.1. The number of nitrogens with one attached hydrogen (secondary N) is 1. The second kappa shape index (κ2) is 4.81. The normalized spacial score (nSPS) is 26.3. The average Bonchev–Trinajstić information content (AvgIpc) is 3.14. The van der Waals surface area contributed by atoms with Gasteiger partial charge in [0.2, 0.25) is 0 Å². The lowest BCUT2D eigenvalue weighted by molar-refractivity contribution is 0.156. The van der Waals surface area contributed by atoms with Crippen LogP contribution in [0.1, 0.15) is 44.7 Å². The van der Waals surface area contributed by atoms with E-state index in [4.69, 9.17) is 9.47 Å². The summed E-state index contributed by atoms with van der Waals surface area (Å²) in [5.41, 5.74) is 1.26. The molecule has 0 bridgehead atoms. The third kappa shape index (κ3) is 2.32. The number of fused-ring (bicyclic) bond motifs is 1. The Morgan fingerprint density at radius 3 is 2.94 bits per heavy atom. The molecule has 0 radical (unpaired) electrons. The van der Waals surface area contributed by atoms with Crippen molar-refractivity contribution < 1.29 is 9.47 Å². The maximum atomic E-state index is 5.98. The molecule has 18 heavy (non-hydrogen) atoms. The number of ether oxygens (including phenoxy) is 2. The first-order valence-electron chi connectivity index (χ1n) is 6.96. The summed E-state index contributed by atoms with van der Waals surface area (Å²) in [5.74, 6) is 1.82. The summed E-state index contributed by atoms with van der Waals surface area (Å²) in [7, 11) is 0. The van der Waals surface area contributed by atoms with Crippen molar-refractivity contribution in [3.63, 3.8) is 0 Å². The Labute approximate surface area is 108 Å². The summed E-state index contributed by atoms with van der Waals surface area (Å²) in [5, 5.41) is 3.71. The largest absolute Gasteiger partial charge is 0.490 e. The lowest BCUT2D eigenvalue weighted by atomic mass is 9.96. The van der Waals surface area contributed by atoms with E-state index in [-0.39, 0.29) is 6.10 Å². The van der Waals surface area contributed by atoms with E-state index in [0.717, 1.165) is 17.9 Å². The minimum atomic E-state index is 0.246. The fourth-order valence-electron chi connectivity index (χ4n) is 2.60. The molecule has 3 heteroatoms. The molecule has 0 aromatic heterocycles. The molecule has 1 N–H and O–H groups in total. The van der Waals surface area contributed by atoms with Gasteiger partial charge in [-0.15, -0.1) is 0 Å². The summed E-state index contributed by atoms with van der Waals surface area (Å²) in [6.45, 7) is 4.81. The van der Waals surface area contributed by atoms with E-state index in [9.17, 15) is 0 Å². The van der Waals surface area contributed by atoms with E-state index < -0.39 is 0 Å². The monoisotopic (exact) mass is 247 g/mol. The minimum Gasteiger partial charge on any atom is -0.490 e. The molecule has 1 aromatic rings. The van der Waals surface area contributed by atoms with Gasteiger partial charge in [-0.2, -0.15) is 0 Å². The van der Waals surface area contributed by atoms with Gasteiger partial charge >= 0.3 is 0 Å². The summed E-state index contributed by atoms with van der Waals surface area (Å²) in [6, 6.07) is 7.34. The molecule has 1 fully saturated rings. The molecule has 3 rings (SSSR count). The Balaban J connectivity index is 1.91. The summed E-state index contributed by atoms with van der Waals surface area (Å²) in [4.78, 5) is 0. The zero-order valence-corrected chi connectivity index (χ0v) is 11.1. The van der Waals surface area contributed by atoms with Crippen molar-refractivity contribution in [3.05, 3.63) is 23.8 Å². The first kappa shape index (κ1) is 11.8. The van der Waals surface area contributed by atoms with Crippen LogP contribution in [0.4, 0.5) is 0 Å². The van der Waals surface area contributed by atoms with Gasteiger partial charge in [-0.05, 0) is 32.8 Å². The van der Waals surface area contributed by atoms with Crippen LogP contribution in [0.2, 0.25) is 0 Å². The third-order valence-electron chi connectivity index (χ3n) is 3.59. The number of rotatable bonds is 4. The topological polar surface area (TPSA) is 30.5 Å². The van der Waals surface area contributed by atoms with Gasteiger partial charge in [-0.1, -0.05) is 12.1 Å². The molecule has 3 nitrogen and oxygen atoms in total. The highest BCUT2D eigenvalue weighted by Gasteiger charge is 2.32. The van der Waals surface area contributed by atoms with Gasteiger partial charge in [0.25, 0.3) is 0 Å². The Hall–Kier alpha value is -1.22. The molecule has 2 unspecified atom stereocenters. The van der Waals surface area contributed by atoms with Crippen molar-refractivity contribution in [3.8, 4) is 11.5 Å². The highest BCUT2D eigenvalue weighted by atomic mass is 16.5. The van der Waals surface area contributed by atoms with Crippen molar-refractivity contribution in [2.45, 2.75) is 51.3 Å². The van der Waals surface area contributed by atoms with E-state index >= 15 is 0 Å². The third-order valence-corrected chi connectivity index (χ3v) is 3.59. The molecule has 1 saturated carbocycles. The van der Waals surface area contributed by atoms with E-state index in [0.29, 0.717) is 18.7 Å². The van der Waals surface area contributed by atoms with Crippen LogP contribution in [0.5, 0.6) is 11.5 Å². The molecule has 0 amide bonds. The van der Waals surface area contributed by atoms with Crippen LogP contribution in [-0.2, 0) is 0 Å². The summed E-state index contributed by atoms with van der Waals surface area (Å²) < 4.78 is 11.7. The van der Waals surface area contributed by atoms with E-state index in [2.05, 4.69) is 24.4 Å². The van der Waals surface area contributed by atoms with Crippen LogP contribution in [-0.4, -0.2) is 18.8 Å². The average molecular weight is 247 g/mol. The van der Waals surface area contributed by atoms with Crippen LogP contribution >= 0.6 is 0 Å². The first-order chi connectivity index (χ1) is 8.78. The van der Waals surface area contributed by atoms with Gasteiger partial charge in [0.15, 0.2) is 11.5 Å². The molecule has 0 saturated heterocycles. The second-order valence-corrected chi connectivity index (χ2v) is 5.27. The Kier molecular flexibility index (Phi) is 3.16. The van der Waals surface area contributed by atoms with Gasteiger partial charge in [0.05, 0.1) is 12.7 Å². The number of hydrogen-bond donors (Lipinski definition) is 1. The van der Waals surface area contributed by atoms with Crippen molar-refractivity contribution in [2.24, 2.45) is 0 Å². The quantitative estimate of drug-likeness (QED) is 0.887. The Bertz CT molecular complexity index is 429. The molecule has 1 aliphatic heterocycles. The highest BCUT2D eigenvalue weighted by molar-refractivity contribution is 5.49. The van der Waals surface area contributed by atoms with E-state index in [1.165, 1.54) is 18.4 Å². The first-order valence-corrected chi connectivity index (χ1v) is 6.96. The van der Waals surface area contributed by atoms with E-state index in [1.54, 1.807) is 0 Å². The zero-order chi connectivity index (χ0) is 12.5. The number of para-hydroxylation sites is 1. The van der Waals surface area contributed by atoms with Gasteiger partial charge in [-0.25, -0.2) is 0 Å². The molecule has 0 spiro atoms. The van der Waals surface area contributed by atoms with Gasteiger partial charge < -0.3 is 14.8 Å². The maximum absolute atomic E-state index is 5.98. The molecular weight excluding hydrogens is 226 g/mol. The number of hydrogen-bond acceptors (Lipinski definition) is 3. The SMILES string of the molecule is CCOc1cccc2c1OC(C)CC2NC1CC1. The van der Waals surface area contributed by atoms with Gasteiger partial charge in [0.1, 0.15) is 0 Å². The van der Waals surface area contributed by atoms with Crippen LogP contribution in [0, 0.1) is 0 Å². The summed E-state index contributed by atoms with van der Waals surface area (Å²) in [6.07, 6.45) is 3.91. The van der Waals surface area contributed by atoms with Crippen LogP contribution in [0.3, 0.4) is 0 Å². The molecule has 1 heterocycles. The lowest BCUT2D eigenvalue weighted by Gasteiger charge is -2.32. The molecule has 1 aromatic carbocycles. The molecule has 98 valence electrons. The van der Waals surface area contributed by atoms with Crippen molar-refractivity contribution >= 4 is 0 Å². The smallest absolute Gasteiger partial charge is 0.166 e. The predicted octanol–water partition coefficient (Wildman–Crippen LogP) is 3.05. The summed E-state index contributed by atoms with van der Waals surface area (Å²) >= 11 is 0. The van der Waals surface area contributed by atoms with Gasteiger partial charge in [-0.3, -0.25) is 0 Å². The fourth-order valence-corrected chi connectivity index (χ4v) is 2.60. The van der Waals surface area contributed by atoms with Crippen molar-refractivity contribution in [1.82, 2.24) is 5.32 Å². The Morgan fingerprint density at radius 1 is 1.39 bits per heavy atom. The van der Waals surface area contributed by atoms with Crippen LogP contribution < -0.4 is 14.8 Å². The van der Waals surface area contributed by atoms with Crippen LogP contribution in [0.25, 0.3) is 0 Å². The maximum Gasteiger partial charge on any atom is 0.166 e. The standard InChI is InChI=1S/C15H21NO2/c1-3-17-14-6-4-5-12-13(16-11-7-8-11)9-10(2)18-15(12)14/h4-6,10-11,13,16H,3,7-9H2,1-2H3. The van der Waals surface area contributed by atoms with Crippen molar-refractivity contribution in [1.29, 1.82) is 0 Å².